The van der Waals surface area contributed by atoms with Crippen molar-refractivity contribution in [3.8, 4) is 5.69 Å². The highest BCUT2D eigenvalue weighted by Crippen LogP contribution is 2.41. The number of rotatable bonds is 5. The number of hydrogen-bond donors (Lipinski definition) is 0. The third kappa shape index (κ3) is 4.18. The molecule has 5 nitrogen and oxygen atoms in total. The van der Waals surface area contributed by atoms with Crippen LogP contribution in [0, 0.1) is 0 Å². The summed E-state index contributed by atoms with van der Waals surface area (Å²) < 4.78 is 47.9. The van der Waals surface area contributed by atoms with Gasteiger partial charge in [-0.25, -0.2) is 18.1 Å². The molecule has 0 bridgehead atoms. The quantitative estimate of drug-likeness (QED) is 0.343. The van der Waals surface area contributed by atoms with Crippen LogP contribution in [-0.2, 0) is 9.84 Å². The van der Waals surface area contributed by atoms with Crippen molar-refractivity contribution in [2.75, 3.05) is 0 Å². The smallest absolute Gasteiger partial charge is 0.220 e. The lowest BCUT2D eigenvalue weighted by Gasteiger charge is -2.12. The minimum atomic E-state index is -5.29. The zero-order valence-corrected chi connectivity index (χ0v) is 18.1. The van der Waals surface area contributed by atoms with Gasteiger partial charge in [-0.2, -0.15) is 13.9 Å². The van der Waals surface area contributed by atoms with E-state index >= 15 is 0 Å². The molecule has 0 saturated heterocycles. The lowest BCUT2D eigenvalue weighted by molar-refractivity contribution is 0.187. The van der Waals surface area contributed by atoms with Gasteiger partial charge in [-0.15, -0.1) is 0 Å². The second-order valence-electron chi connectivity index (χ2n) is 4.75. The number of aliphatic imine (C=N–C) groups is 1. The highest BCUT2D eigenvalue weighted by Gasteiger charge is 2.47. The van der Waals surface area contributed by atoms with Crippen LogP contribution in [0.2, 0.25) is 10.0 Å². The van der Waals surface area contributed by atoms with Gasteiger partial charge in [0.2, 0.25) is 0 Å². The number of alkyl halides is 3. The van der Waals surface area contributed by atoms with Gasteiger partial charge in [0.15, 0.2) is 5.82 Å². The lowest BCUT2D eigenvalue weighted by Crippen LogP contribution is -2.21. The Balaban J connectivity index is 2.87. The molecule has 142 valence electrons. The van der Waals surface area contributed by atoms with Crippen LogP contribution in [0.15, 0.2) is 32.7 Å². The van der Waals surface area contributed by atoms with E-state index in [1.807, 2.05) is 0 Å². The predicted octanol–water partition coefficient (Wildman–Crippen LogP) is 6.18. The van der Waals surface area contributed by atoms with E-state index in [-0.39, 0.29) is 27.3 Å². The van der Waals surface area contributed by atoms with Crippen molar-refractivity contribution < 1.29 is 17.2 Å². The van der Waals surface area contributed by atoms with Gasteiger partial charge in [-0.3, -0.25) is 0 Å². The number of nitrogens with zero attached hydrogens (tertiary/aromatic N) is 3. The van der Waals surface area contributed by atoms with Gasteiger partial charge in [0, 0.05) is 4.47 Å². The van der Waals surface area contributed by atoms with E-state index in [1.54, 1.807) is 6.92 Å². The molecular formula is C13H8BrCl4F2N3O2S. The van der Waals surface area contributed by atoms with Crippen LogP contribution in [-0.4, -0.2) is 28.1 Å². The van der Waals surface area contributed by atoms with Crippen LogP contribution in [0.4, 0.5) is 14.6 Å². The van der Waals surface area contributed by atoms with Gasteiger partial charge in [0.05, 0.1) is 16.2 Å². The predicted molar refractivity (Wildman–Crippen MR) is 103 cm³/mol. The summed E-state index contributed by atoms with van der Waals surface area (Å²) >= 11 is 26.1. The van der Waals surface area contributed by atoms with Crippen LogP contribution in [0.3, 0.4) is 0 Å². The number of hydrogen-bond acceptors (Lipinski definition) is 4. The molecule has 0 aliphatic carbocycles. The summed E-state index contributed by atoms with van der Waals surface area (Å²) in [5.41, 5.74) is 0.0372. The van der Waals surface area contributed by atoms with E-state index in [9.17, 15) is 17.2 Å². The molecule has 0 saturated carbocycles. The molecule has 0 spiro atoms. The molecule has 1 aromatic heterocycles. The summed E-state index contributed by atoms with van der Waals surface area (Å²) in [4.78, 5) is 2.96. The third-order valence-electron chi connectivity index (χ3n) is 3.02. The minimum absolute atomic E-state index is 0.0372. The summed E-state index contributed by atoms with van der Waals surface area (Å²) in [6.45, 7) is 1.64. The molecule has 0 aliphatic rings. The van der Waals surface area contributed by atoms with Crippen LogP contribution >= 0.6 is 62.3 Å². The van der Waals surface area contributed by atoms with Crippen molar-refractivity contribution in [2.45, 2.75) is 23.0 Å². The first-order chi connectivity index (χ1) is 11.9. The van der Waals surface area contributed by atoms with Crippen molar-refractivity contribution in [1.82, 2.24) is 9.78 Å². The van der Waals surface area contributed by atoms with Gasteiger partial charge >= 0.3 is 4.71 Å². The Labute approximate surface area is 175 Å². The molecule has 0 fully saturated rings. The SMILES string of the molecule is CCC(Cl)=Nc1c(S(=O)(=O)C(F)(F)Cl)cnn1-c1c(Cl)cc(Br)cc1Cl. The maximum Gasteiger partial charge on any atom is 0.427 e. The van der Waals surface area contributed by atoms with Crippen molar-refractivity contribution in [3.63, 3.8) is 0 Å². The van der Waals surface area contributed by atoms with E-state index in [4.69, 9.17) is 46.4 Å². The Bertz CT molecular complexity index is 967. The van der Waals surface area contributed by atoms with Crippen LogP contribution in [0.1, 0.15) is 13.3 Å². The first-order valence-electron chi connectivity index (χ1n) is 6.67. The van der Waals surface area contributed by atoms with Crippen molar-refractivity contribution in [3.05, 3.63) is 32.8 Å². The molecule has 13 heteroatoms. The molecule has 2 aromatic rings. The largest absolute Gasteiger partial charge is 0.427 e. The van der Waals surface area contributed by atoms with Gasteiger partial charge < -0.3 is 0 Å². The van der Waals surface area contributed by atoms with Gasteiger partial charge in [0.25, 0.3) is 9.84 Å². The van der Waals surface area contributed by atoms with Gasteiger partial charge in [-0.1, -0.05) is 57.7 Å². The highest BCUT2D eigenvalue weighted by molar-refractivity contribution is 9.10. The normalized spacial score (nSPS) is 13.3. The maximum absolute atomic E-state index is 13.4. The fraction of sp³-hybridized carbons (Fsp3) is 0.231. The van der Waals surface area contributed by atoms with E-state index in [0.29, 0.717) is 10.7 Å². The third-order valence-corrected chi connectivity index (χ3v) is 6.49. The first-order valence-corrected chi connectivity index (χ1v) is 10.5. The topological polar surface area (TPSA) is 64.3 Å². The summed E-state index contributed by atoms with van der Waals surface area (Å²) in [5.74, 6) is -0.497. The molecule has 2 rings (SSSR count). The summed E-state index contributed by atoms with van der Waals surface area (Å²) in [6, 6.07) is 2.92. The van der Waals surface area contributed by atoms with Crippen LogP contribution in [0.5, 0.6) is 0 Å². The van der Waals surface area contributed by atoms with Crippen molar-refractivity contribution >= 4 is 83.2 Å². The van der Waals surface area contributed by atoms with Crippen LogP contribution in [0.25, 0.3) is 5.69 Å². The Hall–Kier alpha value is -0.450. The Morgan fingerprint density at radius 3 is 2.35 bits per heavy atom. The van der Waals surface area contributed by atoms with E-state index in [1.165, 1.54) is 12.1 Å². The molecular weight excluding hydrogens is 522 g/mol. The fourth-order valence-electron chi connectivity index (χ4n) is 1.84. The number of aromatic nitrogens is 2. The van der Waals surface area contributed by atoms with Gasteiger partial charge in [0.1, 0.15) is 15.8 Å². The van der Waals surface area contributed by atoms with E-state index in [0.717, 1.165) is 4.68 Å². The summed E-state index contributed by atoms with van der Waals surface area (Å²) in [5, 5.41) is 3.89. The van der Waals surface area contributed by atoms with Crippen molar-refractivity contribution in [2.24, 2.45) is 4.99 Å². The Kier molecular flexibility index (Phi) is 6.63. The monoisotopic (exact) mass is 527 g/mol. The zero-order chi connectivity index (χ0) is 19.9. The summed E-state index contributed by atoms with van der Waals surface area (Å²) in [6.07, 6.45) is 0.893. The highest BCUT2D eigenvalue weighted by atomic mass is 79.9. The standard InChI is InChI=1S/C13H8BrCl4F2N3O2S/c1-2-10(17)22-12-9(26(24,25)13(18,19)20)5-21-23(12)11-7(15)3-6(14)4-8(11)16/h3-5H,2H2,1H3. The van der Waals surface area contributed by atoms with E-state index in [2.05, 4.69) is 26.0 Å². The van der Waals surface area contributed by atoms with Crippen LogP contribution < -0.4 is 0 Å². The number of halogens is 7. The summed E-state index contributed by atoms with van der Waals surface area (Å²) in [7, 11) is -5.29. The molecule has 26 heavy (non-hydrogen) atoms. The Morgan fingerprint density at radius 1 is 1.35 bits per heavy atom. The molecule has 0 unspecified atom stereocenters. The van der Waals surface area contributed by atoms with E-state index < -0.39 is 25.3 Å². The second-order valence-corrected chi connectivity index (χ2v) is 9.58. The molecule has 0 aliphatic heterocycles. The fourth-order valence-corrected chi connectivity index (χ4v) is 4.34. The minimum Gasteiger partial charge on any atom is -0.220 e. The van der Waals surface area contributed by atoms with Crippen molar-refractivity contribution in [1.29, 1.82) is 0 Å². The average Bonchev–Trinajstić information content (AvgIpc) is 2.89. The lowest BCUT2D eigenvalue weighted by atomic mass is 10.3. The first kappa shape index (κ1) is 21.8. The molecule has 1 heterocycles. The zero-order valence-electron chi connectivity index (χ0n) is 12.7. The number of sulfone groups is 1. The second kappa shape index (κ2) is 7.89. The maximum atomic E-state index is 13.4. The average molecular weight is 530 g/mol. The molecule has 0 radical (unpaired) electrons. The van der Waals surface area contributed by atoms with Gasteiger partial charge in [-0.05, 0) is 30.2 Å². The molecule has 0 atom stereocenters. The Morgan fingerprint density at radius 2 is 1.88 bits per heavy atom. The number of benzene rings is 1. The molecule has 1 aromatic carbocycles. The molecule has 0 amide bonds. The molecule has 0 N–H and O–H groups in total.